The lowest BCUT2D eigenvalue weighted by Gasteiger charge is -2.41. The Hall–Kier alpha value is -2.60. The number of hydrogen-bond donors (Lipinski definition) is 4. The molecule has 7 nitrogen and oxygen atoms in total. The van der Waals surface area contributed by atoms with Crippen molar-refractivity contribution in [2.45, 2.75) is 88.1 Å². The number of nitriles is 1. The highest BCUT2D eigenvalue weighted by atomic mass is 35.5. The third-order valence-electron chi connectivity index (χ3n) is 7.76. The van der Waals surface area contributed by atoms with E-state index in [9.17, 15) is 14.8 Å². The third-order valence-corrected chi connectivity index (χ3v) is 8.07. The second kappa shape index (κ2) is 10.2. The highest BCUT2D eigenvalue weighted by Gasteiger charge is 2.41. The molecule has 2 fully saturated rings. The first kappa shape index (κ1) is 24.1. The number of halogens is 2. The number of nitrogens with one attached hydrogen (secondary N) is 3. The van der Waals surface area contributed by atoms with E-state index in [-0.39, 0.29) is 5.02 Å². The number of fused-ring (bicyclic) bond motifs is 1. The Labute approximate surface area is 210 Å². The van der Waals surface area contributed by atoms with Gasteiger partial charge in [-0.2, -0.15) is 10.4 Å². The number of aliphatic hydroxyl groups excluding tert-OH is 1. The zero-order valence-electron chi connectivity index (χ0n) is 19.7. The second-order valence-electron chi connectivity index (χ2n) is 10.1. The number of anilines is 2. The van der Waals surface area contributed by atoms with Crippen LogP contribution in [-0.4, -0.2) is 27.0 Å². The molecular weight excluding hydrogens is 467 g/mol. The molecule has 1 aliphatic heterocycles. The van der Waals surface area contributed by atoms with Crippen molar-refractivity contribution >= 4 is 29.2 Å². The van der Waals surface area contributed by atoms with E-state index in [0.717, 1.165) is 31.4 Å². The summed E-state index contributed by atoms with van der Waals surface area (Å²) in [5, 5.41) is 35.4. The Kier molecular flexibility index (Phi) is 7.01. The highest BCUT2D eigenvalue weighted by molar-refractivity contribution is 6.30. The van der Waals surface area contributed by atoms with Gasteiger partial charge in [-0.25, -0.2) is 4.39 Å². The first-order valence-electron chi connectivity index (χ1n) is 12.6. The molecule has 2 aliphatic carbocycles. The van der Waals surface area contributed by atoms with Crippen molar-refractivity contribution in [2.24, 2.45) is 0 Å². The van der Waals surface area contributed by atoms with Crippen LogP contribution in [0.4, 0.5) is 15.9 Å². The fraction of sp³-hybridized carbons (Fsp3) is 0.538. The zero-order chi connectivity index (χ0) is 24.4. The minimum atomic E-state index is -0.966. The van der Waals surface area contributed by atoms with Crippen LogP contribution in [0.1, 0.15) is 81.7 Å². The van der Waals surface area contributed by atoms with Crippen molar-refractivity contribution in [1.82, 2.24) is 20.4 Å². The molecule has 1 aromatic heterocycles. The molecule has 3 aliphatic rings. The monoisotopic (exact) mass is 498 g/mol. The van der Waals surface area contributed by atoms with Gasteiger partial charge < -0.3 is 21.1 Å². The van der Waals surface area contributed by atoms with Gasteiger partial charge in [-0.05, 0) is 62.8 Å². The van der Waals surface area contributed by atoms with Crippen molar-refractivity contribution in [2.75, 3.05) is 5.32 Å². The Morgan fingerprint density at radius 3 is 2.66 bits per heavy atom. The highest BCUT2D eigenvalue weighted by Crippen LogP contribution is 2.43. The van der Waals surface area contributed by atoms with Gasteiger partial charge in [0.05, 0.1) is 34.3 Å². The number of benzene rings is 1. The molecule has 0 spiro atoms. The van der Waals surface area contributed by atoms with Crippen molar-refractivity contribution in [1.29, 1.82) is 5.26 Å². The van der Waals surface area contributed by atoms with Gasteiger partial charge in [-0.1, -0.05) is 30.9 Å². The second-order valence-corrected chi connectivity index (χ2v) is 10.5. The maximum Gasteiger partial charge on any atom is 0.160 e. The van der Waals surface area contributed by atoms with Gasteiger partial charge in [0.25, 0.3) is 0 Å². The first-order chi connectivity index (χ1) is 17.0. The fourth-order valence-electron chi connectivity index (χ4n) is 5.87. The van der Waals surface area contributed by atoms with Crippen molar-refractivity contribution in [3.63, 3.8) is 0 Å². The molecule has 5 rings (SSSR count). The van der Waals surface area contributed by atoms with Gasteiger partial charge in [0.15, 0.2) is 12.0 Å². The molecule has 0 saturated heterocycles. The molecule has 1 aromatic carbocycles. The lowest BCUT2D eigenvalue weighted by atomic mass is 9.77. The van der Waals surface area contributed by atoms with Crippen LogP contribution >= 0.6 is 11.6 Å². The van der Waals surface area contributed by atoms with Crippen LogP contribution in [-0.2, 0) is 5.54 Å². The number of nitrogens with zero attached hydrogens (tertiary/aromatic N) is 3. The summed E-state index contributed by atoms with van der Waals surface area (Å²) >= 11 is 5.84. The van der Waals surface area contributed by atoms with E-state index in [4.69, 9.17) is 16.7 Å². The molecule has 4 N–H and O–H groups in total. The van der Waals surface area contributed by atoms with Crippen molar-refractivity contribution in [3.05, 3.63) is 46.5 Å². The maximum atomic E-state index is 14.0. The summed E-state index contributed by atoms with van der Waals surface area (Å²) in [4.78, 5) is 0. The molecule has 9 heteroatoms. The summed E-state index contributed by atoms with van der Waals surface area (Å²) in [7, 11) is 0. The van der Waals surface area contributed by atoms with E-state index in [1.807, 2.05) is 10.8 Å². The largest absolute Gasteiger partial charge is 0.369 e. The topological polar surface area (TPSA) is 97.9 Å². The Bertz CT molecular complexity index is 1130. The van der Waals surface area contributed by atoms with Crippen molar-refractivity contribution in [3.8, 4) is 6.07 Å². The normalized spacial score (nSPS) is 26.6. The fourth-order valence-corrected chi connectivity index (χ4v) is 5.99. The van der Waals surface area contributed by atoms with Gasteiger partial charge in [0.2, 0.25) is 0 Å². The van der Waals surface area contributed by atoms with Gasteiger partial charge in [0, 0.05) is 24.0 Å². The predicted octanol–water partition coefficient (Wildman–Crippen LogP) is 5.46. The SMILES string of the molecule is N#CCC1(n2nc(Nc3ccc(Cl)c(F)c3)c3c2C=CNC3O)CCC(NC2CCCCC2)CC1. The Balaban J connectivity index is 1.43. The van der Waals surface area contributed by atoms with Crippen LogP contribution in [0.15, 0.2) is 24.4 Å². The summed E-state index contributed by atoms with van der Waals surface area (Å²) in [5.74, 6) is -0.0980. The zero-order valence-corrected chi connectivity index (χ0v) is 20.5. The summed E-state index contributed by atoms with van der Waals surface area (Å²) in [5.41, 5.74) is 1.37. The van der Waals surface area contributed by atoms with Gasteiger partial charge in [-0.3, -0.25) is 4.68 Å². The van der Waals surface area contributed by atoms with Crippen LogP contribution in [0.3, 0.4) is 0 Å². The van der Waals surface area contributed by atoms with Crippen LogP contribution < -0.4 is 16.0 Å². The smallest absolute Gasteiger partial charge is 0.160 e. The van der Waals surface area contributed by atoms with Crippen LogP contribution in [0.2, 0.25) is 5.02 Å². The lowest BCUT2D eigenvalue weighted by Crippen LogP contribution is -2.47. The number of aromatic nitrogens is 2. The average Bonchev–Trinajstić information content (AvgIpc) is 3.24. The average molecular weight is 499 g/mol. The molecule has 186 valence electrons. The van der Waals surface area contributed by atoms with E-state index in [1.54, 1.807) is 12.3 Å². The predicted molar refractivity (Wildman–Crippen MR) is 135 cm³/mol. The van der Waals surface area contributed by atoms with E-state index in [0.29, 0.717) is 35.6 Å². The molecule has 0 radical (unpaired) electrons. The summed E-state index contributed by atoms with van der Waals surface area (Å²) in [6, 6.07) is 7.91. The summed E-state index contributed by atoms with van der Waals surface area (Å²) < 4.78 is 16.0. The first-order valence-corrected chi connectivity index (χ1v) is 13.0. The van der Waals surface area contributed by atoms with Crippen LogP contribution in [0.25, 0.3) is 6.08 Å². The maximum absolute atomic E-state index is 14.0. The van der Waals surface area contributed by atoms with E-state index >= 15 is 0 Å². The van der Waals surface area contributed by atoms with Gasteiger partial charge in [0.1, 0.15) is 5.82 Å². The van der Waals surface area contributed by atoms with Crippen LogP contribution in [0, 0.1) is 17.1 Å². The molecule has 2 heterocycles. The molecule has 35 heavy (non-hydrogen) atoms. The minimum Gasteiger partial charge on any atom is -0.369 e. The lowest BCUT2D eigenvalue weighted by molar-refractivity contribution is 0.140. The summed E-state index contributed by atoms with van der Waals surface area (Å²) in [6.07, 6.45) is 13.0. The molecule has 2 saturated carbocycles. The van der Waals surface area contributed by atoms with Crippen molar-refractivity contribution < 1.29 is 9.50 Å². The molecule has 1 atom stereocenters. The van der Waals surface area contributed by atoms with Gasteiger partial charge in [-0.15, -0.1) is 0 Å². The molecule has 0 amide bonds. The van der Waals surface area contributed by atoms with E-state index in [2.05, 4.69) is 22.0 Å². The number of hydrogen-bond acceptors (Lipinski definition) is 6. The molecule has 2 aromatic rings. The van der Waals surface area contributed by atoms with E-state index in [1.165, 1.54) is 44.2 Å². The minimum absolute atomic E-state index is 0.0410. The third kappa shape index (κ3) is 4.90. The summed E-state index contributed by atoms with van der Waals surface area (Å²) in [6.45, 7) is 0. The molecule has 0 bridgehead atoms. The Morgan fingerprint density at radius 1 is 1.20 bits per heavy atom. The Morgan fingerprint density at radius 2 is 1.94 bits per heavy atom. The van der Waals surface area contributed by atoms with Gasteiger partial charge >= 0.3 is 0 Å². The number of rotatable bonds is 6. The molecular formula is C26H32ClFN6O. The van der Waals surface area contributed by atoms with Crippen LogP contribution in [0.5, 0.6) is 0 Å². The number of aliphatic hydroxyl groups is 1. The van der Waals surface area contributed by atoms with E-state index < -0.39 is 17.6 Å². The quantitative estimate of drug-likeness (QED) is 0.422. The standard InChI is InChI=1S/C26H32ClFN6O/c27-20-7-6-19(16-21(20)28)32-24-23-22(10-15-30-25(23)35)34(33-24)26(13-14-29)11-8-18(9-12-26)31-17-4-2-1-3-5-17/h6-7,10,15-18,25,30-31,35H,1-5,8-9,11-13H2,(H,32,33). The molecule has 1 unspecified atom stereocenters.